The van der Waals surface area contributed by atoms with E-state index in [2.05, 4.69) is 4.99 Å². The maximum absolute atomic E-state index is 12.8. The van der Waals surface area contributed by atoms with Crippen LogP contribution in [0.25, 0.3) is 0 Å². The molecule has 2 rings (SSSR count). The molecule has 3 nitrogen and oxygen atoms in total. The zero-order valence-corrected chi connectivity index (χ0v) is 9.44. The quantitative estimate of drug-likeness (QED) is 0.783. The maximum Gasteiger partial charge on any atom is 0.123 e. The monoisotopic (exact) mass is 234 g/mol. The lowest BCUT2D eigenvalue weighted by atomic mass is 9.90. The van der Waals surface area contributed by atoms with E-state index in [1.165, 1.54) is 18.3 Å². The number of hydrogen-bond acceptors (Lipinski definition) is 3. The molecule has 0 amide bonds. The van der Waals surface area contributed by atoms with Crippen molar-refractivity contribution in [2.45, 2.75) is 25.4 Å². The first-order valence-electron chi connectivity index (χ1n) is 5.64. The number of nitrogens with zero attached hydrogens (tertiary/aromatic N) is 1. The van der Waals surface area contributed by atoms with Crippen molar-refractivity contribution in [1.82, 2.24) is 0 Å². The summed E-state index contributed by atoms with van der Waals surface area (Å²) in [7, 11) is 0. The van der Waals surface area contributed by atoms with Crippen LogP contribution in [-0.2, 0) is 0 Å². The molecule has 1 aliphatic rings. The molecule has 1 aromatic carbocycles. The van der Waals surface area contributed by atoms with Crippen LogP contribution >= 0.6 is 0 Å². The van der Waals surface area contributed by atoms with Gasteiger partial charge in [-0.15, -0.1) is 0 Å². The van der Waals surface area contributed by atoms with Crippen LogP contribution < -0.4 is 5.73 Å². The SMILES string of the molecule is NC=C1C(=Nc2ccc(F)cc2)CCC[C@@H]1O. The molecule has 0 aromatic heterocycles. The van der Waals surface area contributed by atoms with Crippen molar-refractivity contribution >= 4 is 11.4 Å². The van der Waals surface area contributed by atoms with Crippen molar-refractivity contribution in [3.05, 3.63) is 41.9 Å². The van der Waals surface area contributed by atoms with E-state index in [1.54, 1.807) is 12.1 Å². The minimum absolute atomic E-state index is 0.285. The van der Waals surface area contributed by atoms with E-state index < -0.39 is 6.10 Å². The number of rotatable bonds is 1. The lowest BCUT2D eigenvalue weighted by Gasteiger charge is -2.22. The summed E-state index contributed by atoms with van der Waals surface area (Å²) in [6, 6.07) is 5.95. The van der Waals surface area contributed by atoms with E-state index in [9.17, 15) is 9.50 Å². The highest BCUT2D eigenvalue weighted by Crippen LogP contribution is 2.24. The molecule has 1 aliphatic carbocycles. The predicted molar refractivity (Wildman–Crippen MR) is 65.6 cm³/mol. The fraction of sp³-hybridized carbons (Fsp3) is 0.308. The van der Waals surface area contributed by atoms with Gasteiger partial charge in [-0.1, -0.05) is 0 Å². The molecule has 0 saturated heterocycles. The van der Waals surface area contributed by atoms with E-state index in [-0.39, 0.29) is 5.82 Å². The smallest absolute Gasteiger partial charge is 0.123 e. The Balaban J connectivity index is 2.28. The number of nitrogens with two attached hydrogens (primary N) is 1. The van der Waals surface area contributed by atoms with Gasteiger partial charge < -0.3 is 10.8 Å². The molecule has 90 valence electrons. The third kappa shape index (κ3) is 2.71. The summed E-state index contributed by atoms with van der Waals surface area (Å²) in [6.07, 6.45) is 3.26. The molecule has 4 heteroatoms. The zero-order valence-electron chi connectivity index (χ0n) is 9.44. The minimum Gasteiger partial charge on any atom is -0.404 e. The minimum atomic E-state index is -0.534. The highest BCUT2D eigenvalue weighted by Gasteiger charge is 2.21. The molecule has 17 heavy (non-hydrogen) atoms. The average Bonchev–Trinajstić information content (AvgIpc) is 2.32. The number of aliphatic hydroxyl groups is 1. The Hall–Kier alpha value is -1.68. The van der Waals surface area contributed by atoms with Gasteiger partial charge in [-0.2, -0.15) is 0 Å². The van der Waals surface area contributed by atoms with Crippen LogP contribution in [0.15, 0.2) is 41.0 Å². The Morgan fingerprint density at radius 1 is 1.35 bits per heavy atom. The molecule has 0 radical (unpaired) electrons. The summed E-state index contributed by atoms with van der Waals surface area (Å²) in [5.41, 5.74) is 7.65. The summed E-state index contributed by atoms with van der Waals surface area (Å²) in [4.78, 5) is 4.40. The van der Waals surface area contributed by atoms with Gasteiger partial charge in [0.25, 0.3) is 0 Å². The van der Waals surface area contributed by atoms with Gasteiger partial charge in [0.2, 0.25) is 0 Å². The first-order valence-corrected chi connectivity index (χ1v) is 5.64. The van der Waals surface area contributed by atoms with Gasteiger partial charge >= 0.3 is 0 Å². The molecule has 0 spiro atoms. The van der Waals surface area contributed by atoms with Crippen LogP contribution in [-0.4, -0.2) is 16.9 Å². The molecule has 1 atom stereocenters. The number of aliphatic hydroxyl groups excluding tert-OH is 1. The van der Waals surface area contributed by atoms with Crippen LogP contribution in [0.3, 0.4) is 0 Å². The van der Waals surface area contributed by atoms with Gasteiger partial charge in [-0.25, -0.2) is 4.39 Å². The fourth-order valence-corrected chi connectivity index (χ4v) is 1.95. The summed E-state index contributed by atoms with van der Waals surface area (Å²) < 4.78 is 12.8. The van der Waals surface area contributed by atoms with Gasteiger partial charge in [-0.3, -0.25) is 4.99 Å². The van der Waals surface area contributed by atoms with Gasteiger partial charge in [0, 0.05) is 17.5 Å². The third-order valence-electron chi connectivity index (χ3n) is 2.85. The van der Waals surface area contributed by atoms with E-state index in [4.69, 9.17) is 5.73 Å². The van der Waals surface area contributed by atoms with E-state index in [0.717, 1.165) is 18.6 Å². The van der Waals surface area contributed by atoms with Crippen molar-refractivity contribution in [2.24, 2.45) is 10.7 Å². The first-order chi connectivity index (χ1) is 8.20. The van der Waals surface area contributed by atoms with E-state index in [0.29, 0.717) is 17.7 Å². The Kier molecular flexibility index (Phi) is 3.54. The van der Waals surface area contributed by atoms with Gasteiger partial charge in [0.1, 0.15) is 5.82 Å². The first kappa shape index (κ1) is 11.8. The molecule has 1 saturated carbocycles. The number of benzene rings is 1. The molecular formula is C13H15FN2O. The normalized spacial score (nSPS) is 25.4. The maximum atomic E-state index is 12.8. The molecule has 1 fully saturated rings. The van der Waals surface area contributed by atoms with Gasteiger partial charge in [0.15, 0.2) is 0 Å². The topological polar surface area (TPSA) is 58.6 Å². The Morgan fingerprint density at radius 3 is 2.71 bits per heavy atom. The van der Waals surface area contributed by atoms with Crippen LogP contribution in [0.2, 0.25) is 0 Å². The molecule has 0 unspecified atom stereocenters. The standard InChI is InChI=1S/C13H15FN2O/c14-9-4-6-10(7-5-9)16-12-2-1-3-13(17)11(12)8-15/h4-8,13,17H,1-3,15H2/t13-/m0/s1. The summed E-state index contributed by atoms with van der Waals surface area (Å²) in [6.45, 7) is 0. The number of hydrogen-bond donors (Lipinski definition) is 2. The fourth-order valence-electron chi connectivity index (χ4n) is 1.95. The van der Waals surface area contributed by atoms with Crippen LogP contribution in [0, 0.1) is 5.82 Å². The zero-order chi connectivity index (χ0) is 12.3. The summed E-state index contributed by atoms with van der Waals surface area (Å²) in [5, 5.41) is 9.77. The van der Waals surface area contributed by atoms with E-state index >= 15 is 0 Å². The largest absolute Gasteiger partial charge is 0.404 e. The Morgan fingerprint density at radius 2 is 2.06 bits per heavy atom. The Labute approximate surface area is 99.5 Å². The number of aliphatic imine (C=N–C) groups is 1. The van der Waals surface area contributed by atoms with Crippen molar-refractivity contribution in [2.75, 3.05) is 0 Å². The number of halogens is 1. The van der Waals surface area contributed by atoms with Gasteiger partial charge in [-0.05, 0) is 43.5 Å². The second-order valence-corrected chi connectivity index (χ2v) is 4.06. The van der Waals surface area contributed by atoms with Crippen LogP contribution in [0.4, 0.5) is 10.1 Å². The predicted octanol–water partition coefficient (Wildman–Crippen LogP) is 2.29. The average molecular weight is 234 g/mol. The Bertz CT molecular complexity index is 451. The molecule has 0 aliphatic heterocycles. The molecular weight excluding hydrogens is 219 g/mol. The lowest BCUT2D eigenvalue weighted by Crippen LogP contribution is -2.24. The van der Waals surface area contributed by atoms with Gasteiger partial charge in [0.05, 0.1) is 11.8 Å². The second-order valence-electron chi connectivity index (χ2n) is 4.06. The van der Waals surface area contributed by atoms with Crippen LogP contribution in [0.1, 0.15) is 19.3 Å². The van der Waals surface area contributed by atoms with Crippen molar-refractivity contribution in [1.29, 1.82) is 0 Å². The molecule has 0 heterocycles. The van der Waals surface area contributed by atoms with E-state index in [1.807, 2.05) is 0 Å². The molecule has 1 aromatic rings. The highest BCUT2D eigenvalue weighted by atomic mass is 19.1. The summed E-state index contributed by atoms with van der Waals surface area (Å²) in [5.74, 6) is -0.285. The van der Waals surface area contributed by atoms with Crippen molar-refractivity contribution in [3.8, 4) is 0 Å². The second kappa shape index (κ2) is 5.10. The third-order valence-corrected chi connectivity index (χ3v) is 2.85. The molecule has 0 bridgehead atoms. The van der Waals surface area contributed by atoms with Crippen molar-refractivity contribution in [3.63, 3.8) is 0 Å². The molecule has 3 N–H and O–H groups in total. The lowest BCUT2D eigenvalue weighted by molar-refractivity contribution is 0.198. The highest BCUT2D eigenvalue weighted by molar-refractivity contribution is 6.03. The summed E-state index contributed by atoms with van der Waals surface area (Å²) >= 11 is 0. The van der Waals surface area contributed by atoms with Crippen molar-refractivity contribution < 1.29 is 9.50 Å². The van der Waals surface area contributed by atoms with Crippen LogP contribution in [0.5, 0.6) is 0 Å².